The van der Waals surface area contributed by atoms with E-state index in [9.17, 15) is 0 Å². The summed E-state index contributed by atoms with van der Waals surface area (Å²) in [4.78, 5) is 0. The quantitative estimate of drug-likeness (QED) is 0.120. The van der Waals surface area contributed by atoms with Crippen LogP contribution in [-0.4, -0.2) is 0 Å². The lowest BCUT2D eigenvalue weighted by Crippen LogP contribution is -2.32. The van der Waals surface area contributed by atoms with Crippen LogP contribution in [0.3, 0.4) is 0 Å². The van der Waals surface area contributed by atoms with Crippen LogP contribution in [0, 0.1) is 0 Å². The SMILES string of the molecule is ICc1cccc(C(c2ccccc2)(c2ccccc2)c2ccccc2)c1CI. The van der Waals surface area contributed by atoms with Crippen LogP contribution in [0.15, 0.2) is 109 Å². The zero-order valence-corrected chi connectivity index (χ0v) is 20.4. The van der Waals surface area contributed by atoms with Gasteiger partial charge in [-0.1, -0.05) is 154 Å². The highest BCUT2D eigenvalue weighted by atomic mass is 127. The standard InChI is InChI=1S/C27H22I2/c28-19-21-11-10-18-26(25(21)20-29)27(22-12-4-1-5-13-22,23-14-6-2-7-15-23)24-16-8-3-9-17-24/h1-18H,19-20H2. The maximum Gasteiger partial charge on any atom is 0.0704 e. The first-order chi connectivity index (χ1) is 14.3. The number of hydrogen-bond acceptors (Lipinski definition) is 0. The Balaban J connectivity index is 2.19. The minimum Gasteiger partial charge on any atom is -0.0812 e. The molecule has 0 bridgehead atoms. The number of hydrogen-bond donors (Lipinski definition) is 0. The minimum absolute atomic E-state index is 0.355. The third kappa shape index (κ3) is 3.77. The summed E-state index contributed by atoms with van der Waals surface area (Å²) in [6.07, 6.45) is 0. The summed E-state index contributed by atoms with van der Waals surface area (Å²) in [5, 5.41) is 0. The van der Waals surface area contributed by atoms with Gasteiger partial charge in [-0.2, -0.15) is 0 Å². The van der Waals surface area contributed by atoms with Crippen LogP contribution in [-0.2, 0) is 14.3 Å². The normalized spacial score (nSPS) is 11.4. The Labute approximate surface area is 200 Å². The predicted octanol–water partition coefficient (Wildman–Crippen LogP) is 7.94. The van der Waals surface area contributed by atoms with Crippen molar-refractivity contribution in [2.45, 2.75) is 14.3 Å². The van der Waals surface area contributed by atoms with Crippen LogP contribution >= 0.6 is 45.2 Å². The van der Waals surface area contributed by atoms with Gasteiger partial charge >= 0.3 is 0 Å². The Bertz CT molecular complexity index is 961. The molecular weight excluding hydrogens is 578 g/mol. The summed E-state index contributed by atoms with van der Waals surface area (Å²) in [6.45, 7) is 0. The molecule has 0 saturated carbocycles. The monoisotopic (exact) mass is 600 g/mol. The maximum absolute atomic E-state index is 2.52. The summed E-state index contributed by atoms with van der Waals surface area (Å²) >= 11 is 5.01. The molecule has 0 heterocycles. The largest absolute Gasteiger partial charge is 0.0812 e. The summed E-state index contributed by atoms with van der Waals surface area (Å²) < 4.78 is 2.00. The highest BCUT2D eigenvalue weighted by Crippen LogP contribution is 2.47. The van der Waals surface area contributed by atoms with Crippen molar-refractivity contribution in [2.75, 3.05) is 0 Å². The Morgan fingerprint density at radius 2 is 0.931 bits per heavy atom. The molecule has 4 aromatic carbocycles. The molecule has 0 atom stereocenters. The van der Waals surface area contributed by atoms with Crippen LogP contribution in [0.2, 0.25) is 0 Å². The van der Waals surface area contributed by atoms with E-state index in [0.29, 0.717) is 0 Å². The van der Waals surface area contributed by atoms with E-state index in [1.54, 1.807) is 0 Å². The molecule has 0 unspecified atom stereocenters. The van der Waals surface area contributed by atoms with Crippen LogP contribution in [0.25, 0.3) is 0 Å². The Hall–Kier alpha value is -1.66. The second kappa shape index (κ2) is 9.43. The first kappa shape index (κ1) is 20.6. The maximum atomic E-state index is 2.52. The van der Waals surface area contributed by atoms with Gasteiger partial charge < -0.3 is 0 Å². The van der Waals surface area contributed by atoms with Gasteiger partial charge in [-0.15, -0.1) is 0 Å². The molecule has 0 spiro atoms. The van der Waals surface area contributed by atoms with E-state index in [0.717, 1.165) is 8.86 Å². The van der Waals surface area contributed by atoms with Gasteiger partial charge in [0.1, 0.15) is 0 Å². The van der Waals surface area contributed by atoms with E-state index >= 15 is 0 Å². The molecular formula is C27H22I2. The highest BCUT2D eigenvalue weighted by Gasteiger charge is 2.39. The average molecular weight is 600 g/mol. The van der Waals surface area contributed by atoms with Crippen molar-refractivity contribution in [3.05, 3.63) is 143 Å². The highest BCUT2D eigenvalue weighted by molar-refractivity contribution is 14.1. The van der Waals surface area contributed by atoms with Gasteiger partial charge in [0.2, 0.25) is 0 Å². The van der Waals surface area contributed by atoms with E-state index in [1.807, 2.05) is 0 Å². The van der Waals surface area contributed by atoms with Crippen LogP contribution < -0.4 is 0 Å². The lowest BCUT2D eigenvalue weighted by Gasteiger charge is -2.38. The fourth-order valence-corrected chi connectivity index (χ4v) is 5.92. The molecule has 4 rings (SSSR count). The summed E-state index contributed by atoms with van der Waals surface area (Å²) in [6, 6.07) is 39.7. The summed E-state index contributed by atoms with van der Waals surface area (Å²) in [5.74, 6) is 0. The van der Waals surface area contributed by atoms with Gasteiger partial charge in [-0.3, -0.25) is 0 Å². The Morgan fingerprint density at radius 1 is 0.483 bits per heavy atom. The average Bonchev–Trinajstić information content (AvgIpc) is 2.81. The number of alkyl halides is 2. The zero-order valence-electron chi connectivity index (χ0n) is 16.1. The van der Waals surface area contributed by atoms with Crippen molar-refractivity contribution < 1.29 is 0 Å². The van der Waals surface area contributed by atoms with E-state index in [2.05, 4.69) is 154 Å². The van der Waals surface area contributed by atoms with E-state index < -0.39 is 0 Å². The molecule has 0 aromatic heterocycles. The molecule has 144 valence electrons. The first-order valence-electron chi connectivity index (χ1n) is 9.72. The third-order valence-electron chi connectivity index (χ3n) is 5.58. The van der Waals surface area contributed by atoms with Crippen molar-refractivity contribution in [2.24, 2.45) is 0 Å². The van der Waals surface area contributed by atoms with Gasteiger partial charge in [0, 0.05) is 8.86 Å². The van der Waals surface area contributed by atoms with Crippen molar-refractivity contribution in [1.82, 2.24) is 0 Å². The molecule has 0 nitrogen and oxygen atoms in total. The fourth-order valence-electron chi connectivity index (χ4n) is 4.30. The number of halogens is 2. The first-order valence-corrected chi connectivity index (χ1v) is 12.8. The van der Waals surface area contributed by atoms with Gasteiger partial charge in [-0.05, 0) is 33.4 Å². The molecule has 0 amide bonds. The molecule has 0 aliphatic rings. The molecule has 0 saturated heterocycles. The van der Waals surface area contributed by atoms with E-state index in [-0.39, 0.29) is 5.41 Å². The van der Waals surface area contributed by atoms with E-state index in [4.69, 9.17) is 0 Å². The molecule has 0 fully saturated rings. The van der Waals surface area contributed by atoms with Crippen LogP contribution in [0.5, 0.6) is 0 Å². The van der Waals surface area contributed by atoms with Crippen molar-refractivity contribution in [3.8, 4) is 0 Å². The Kier molecular flexibility index (Phi) is 6.70. The summed E-state index contributed by atoms with van der Waals surface area (Å²) in [5.41, 5.74) is 7.79. The number of benzene rings is 4. The predicted molar refractivity (Wildman–Crippen MR) is 140 cm³/mol. The third-order valence-corrected chi connectivity index (χ3v) is 7.16. The van der Waals surface area contributed by atoms with Gasteiger partial charge in [0.25, 0.3) is 0 Å². The minimum atomic E-state index is -0.355. The molecule has 0 aliphatic heterocycles. The summed E-state index contributed by atoms with van der Waals surface area (Å²) in [7, 11) is 0. The van der Waals surface area contributed by atoms with Gasteiger partial charge in [0.05, 0.1) is 5.41 Å². The topological polar surface area (TPSA) is 0 Å². The molecule has 0 radical (unpaired) electrons. The van der Waals surface area contributed by atoms with Crippen molar-refractivity contribution in [3.63, 3.8) is 0 Å². The molecule has 0 N–H and O–H groups in total. The van der Waals surface area contributed by atoms with Crippen molar-refractivity contribution in [1.29, 1.82) is 0 Å². The van der Waals surface area contributed by atoms with E-state index in [1.165, 1.54) is 33.4 Å². The van der Waals surface area contributed by atoms with Gasteiger partial charge in [-0.25, -0.2) is 0 Å². The molecule has 2 heteroatoms. The number of rotatable bonds is 6. The zero-order chi connectivity index (χ0) is 20.1. The Morgan fingerprint density at radius 3 is 1.31 bits per heavy atom. The lowest BCUT2D eigenvalue weighted by molar-refractivity contribution is 0.736. The second-order valence-corrected chi connectivity index (χ2v) is 8.58. The fraction of sp³-hybridized carbons (Fsp3) is 0.111. The molecule has 29 heavy (non-hydrogen) atoms. The van der Waals surface area contributed by atoms with Crippen LogP contribution in [0.4, 0.5) is 0 Å². The van der Waals surface area contributed by atoms with Crippen molar-refractivity contribution >= 4 is 45.2 Å². The van der Waals surface area contributed by atoms with Crippen LogP contribution in [0.1, 0.15) is 33.4 Å². The lowest BCUT2D eigenvalue weighted by atomic mass is 9.64. The second-order valence-electron chi connectivity index (χ2n) is 7.06. The molecule has 0 aliphatic carbocycles. The van der Waals surface area contributed by atoms with Gasteiger partial charge in [0.15, 0.2) is 0 Å². The molecule has 4 aromatic rings. The smallest absolute Gasteiger partial charge is 0.0704 e.